The maximum Gasteiger partial charge on any atom is 0.262 e. The fourth-order valence-electron chi connectivity index (χ4n) is 1.91. The first-order valence-corrected chi connectivity index (χ1v) is 8.39. The van der Waals surface area contributed by atoms with E-state index >= 15 is 0 Å². The Kier molecular flexibility index (Phi) is 6.94. The summed E-state index contributed by atoms with van der Waals surface area (Å²) in [5, 5.41) is 2.82. The summed E-state index contributed by atoms with van der Waals surface area (Å²) in [5.41, 5.74) is 0.657. The third-order valence-electron chi connectivity index (χ3n) is 3.11. The number of carbonyl (C=O) groups excluding carboxylic acids is 1. The highest BCUT2D eigenvalue weighted by atomic mass is 79.9. The number of carbonyl (C=O) groups is 1. The minimum atomic E-state index is -0.229. The summed E-state index contributed by atoms with van der Waals surface area (Å²) in [6, 6.07) is 14.8. The van der Waals surface area contributed by atoms with Gasteiger partial charge in [0.25, 0.3) is 5.91 Å². The molecule has 0 fully saturated rings. The van der Waals surface area contributed by atoms with Crippen molar-refractivity contribution in [3.8, 4) is 11.5 Å². The van der Waals surface area contributed by atoms with E-state index in [1.165, 1.54) is 0 Å². The fraction of sp³-hybridized carbons (Fsp3) is 0.278. The Labute approximate surface area is 144 Å². The molecule has 0 unspecified atom stereocenters. The molecule has 5 heteroatoms. The Balaban J connectivity index is 1.91. The number of nitrogens with one attached hydrogen (secondary N) is 1. The molecule has 0 radical (unpaired) electrons. The molecule has 1 N–H and O–H groups in total. The van der Waals surface area contributed by atoms with Crippen LogP contribution in [0.2, 0.25) is 0 Å². The predicted octanol–water partition coefficient (Wildman–Crippen LogP) is 4.65. The van der Waals surface area contributed by atoms with E-state index < -0.39 is 0 Å². The maximum absolute atomic E-state index is 12.1. The molecule has 2 aromatic rings. The van der Waals surface area contributed by atoms with E-state index in [-0.39, 0.29) is 12.5 Å². The van der Waals surface area contributed by atoms with E-state index in [1.54, 1.807) is 6.07 Å². The van der Waals surface area contributed by atoms with Crippen LogP contribution in [-0.2, 0) is 4.79 Å². The Morgan fingerprint density at radius 3 is 2.48 bits per heavy atom. The zero-order valence-corrected chi connectivity index (χ0v) is 14.6. The lowest BCUT2D eigenvalue weighted by Crippen LogP contribution is -2.20. The standard InChI is InChI=1S/C18H20BrNO3/c1-2-3-12-22-17-11-7-5-9-15(17)20-18(21)13-23-16-10-6-4-8-14(16)19/h4-11H,2-3,12-13H2,1H3,(H,20,21). The van der Waals surface area contributed by atoms with Crippen LogP contribution in [0.25, 0.3) is 0 Å². The lowest BCUT2D eigenvalue weighted by Gasteiger charge is -2.13. The van der Waals surface area contributed by atoms with Crippen molar-refractivity contribution in [1.29, 1.82) is 0 Å². The van der Waals surface area contributed by atoms with Crippen LogP contribution in [0.3, 0.4) is 0 Å². The molecule has 1 amide bonds. The number of unbranched alkanes of at least 4 members (excludes halogenated alkanes) is 1. The van der Waals surface area contributed by atoms with Crippen molar-refractivity contribution < 1.29 is 14.3 Å². The highest BCUT2D eigenvalue weighted by molar-refractivity contribution is 9.10. The molecule has 0 heterocycles. The fourth-order valence-corrected chi connectivity index (χ4v) is 2.31. The summed E-state index contributed by atoms with van der Waals surface area (Å²) in [7, 11) is 0. The van der Waals surface area contributed by atoms with E-state index in [2.05, 4.69) is 28.2 Å². The van der Waals surface area contributed by atoms with E-state index in [0.717, 1.165) is 17.3 Å². The molecule has 0 aliphatic heterocycles. The molecule has 0 atom stereocenters. The van der Waals surface area contributed by atoms with Crippen molar-refractivity contribution >= 4 is 27.5 Å². The summed E-state index contributed by atoms with van der Waals surface area (Å²) in [6.07, 6.45) is 2.04. The monoisotopic (exact) mass is 377 g/mol. The van der Waals surface area contributed by atoms with Gasteiger partial charge in [-0.25, -0.2) is 0 Å². The normalized spacial score (nSPS) is 10.2. The second kappa shape index (κ2) is 9.20. The summed E-state index contributed by atoms with van der Waals surface area (Å²) in [6.45, 7) is 2.68. The van der Waals surface area contributed by atoms with E-state index in [4.69, 9.17) is 9.47 Å². The smallest absolute Gasteiger partial charge is 0.262 e. The Hall–Kier alpha value is -2.01. The van der Waals surface area contributed by atoms with Gasteiger partial charge in [-0.3, -0.25) is 4.79 Å². The Morgan fingerprint density at radius 1 is 1.04 bits per heavy atom. The van der Waals surface area contributed by atoms with Gasteiger partial charge in [0.1, 0.15) is 11.5 Å². The molecule has 23 heavy (non-hydrogen) atoms. The molecule has 0 aliphatic rings. The number of hydrogen-bond acceptors (Lipinski definition) is 3. The molecule has 0 aromatic heterocycles. The molecule has 2 rings (SSSR count). The van der Waals surface area contributed by atoms with Gasteiger partial charge in [-0.1, -0.05) is 37.6 Å². The minimum Gasteiger partial charge on any atom is -0.491 e. The topological polar surface area (TPSA) is 47.6 Å². The van der Waals surface area contributed by atoms with Crippen LogP contribution in [0.1, 0.15) is 19.8 Å². The van der Waals surface area contributed by atoms with Gasteiger partial charge in [-0.2, -0.15) is 0 Å². The molecule has 4 nitrogen and oxygen atoms in total. The first-order valence-electron chi connectivity index (χ1n) is 7.59. The van der Waals surface area contributed by atoms with Gasteiger partial charge in [0.05, 0.1) is 16.8 Å². The maximum atomic E-state index is 12.1. The summed E-state index contributed by atoms with van der Waals surface area (Å²) >= 11 is 3.38. The second-order valence-electron chi connectivity index (χ2n) is 4.97. The number of anilines is 1. The third-order valence-corrected chi connectivity index (χ3v) is 3.77. The molecule has 0 saturated heterocycles. The van der Waals surface area contributed by atoms with Crippen LogP contribution in [0.15, 0.2) is 53.0 Å². The Bertz CT molecular complexity index is 646. The quantitative estimate of drug-likeness (QED) is 0.681. The van der Waals surface area contributed by atoms with Crippen molar-refractivity contribution in [3.63, 3.8) is 0 Å². The number of amides is 1. The lowest BCUT2D eigenvalue weighted by atomic mass is 10.3. The number of hydrogen-bond donors (Lipinski definition) is 1. The molecule has 0 aliphatic carbocycles. The SMILES string of the molecule is CCCCOc1ccccc1NC(=O)COc1ccccc1Br. The van der Waals surface area contributed by atoms with Crippen molar-refractivity contribution in [2.75, 3.05) is 18.5 Å². The van der Waals surface area contributed by atoms with E-state index in [1.807, 2.05) is 42.5 Å². The number of ether oxygens (including phenoxy) is 2. The molecule has 0 saturated carbocycles. The minimum absolute atomic E-state index is 0.0636. The zero-order chi connectivity index (χ0) is 16.5. The van der Waals surface area contributed by atoms with Crippen LogP contribution in [0.4, 0.5) is 5.69 Å². The highest BCUT2D eigenvalue weighted by Gasteiger charge is 2.09. The predicted molar refractivity (Wildman–Crippen MR) is 95.1 cm³/mol. The second-order valence-corrected chi connectivity index (χ2v) is 5.82. The first kappa shape index (κ1) is 17.3. The van der Waals surface area contributed by atoms with Crippen LogP contribution < -0.4 is 14.8 Å². The number of benzene rings is 2. The average molecular weight is 378 g/mol. The van der Waals surface area contributed by atoms with E-state index in [0.29, 0.717) is 23.8 Å². The molecule has 2 aromatic carbocycles. The molecule has 0 spiro atoms. The van der Waals surface area contributed by atoms with Gasteiger partial charge in [0.2, 0.25) is 0 Å². The van der Waals surface area contributed by atoms with Gasteiger partial charge < -0.3 is 14.8 Å². The van der Waals surface area contributed by atoms with Crippen molar-refractivity contribution in [3.05, 3.63) is 53.0 Å². The van der Waals surface area contributed by atoms with E-state index in [9.17, 15) is 4.79 Å². The highest BCUT2D eigenvalue weighted by Crippen LogP contribution is 2.25. The van der Waals surface area contributed by atoms with Crippen molar-refractivity contribution in [2.24, 2.45) is 0 Å². The van der Waals surface area contributed by atoms with Gasteiger partial charge in [0, 0.05) is 0 Å². The number of rotatable bonds is 8. The van der Waals surface area contributed by atoms with Crippen LogP contribution in [0, 0.1) is 0 Å². The van der Waals surface area contributed by atoms with Crippen LogP contribution in [-0.4, -0.2) is 19.1 Å². The van der Waals surface area contributed by atoms with Crippen molar-refractivity contribution in [1.82, 2.24) is 0 Å². The van der Waals surface area contributed by atoms with Gasteiger partial charge >= 0.3 is 0 Å². The summed E-state index contributed by atoms with van der Waals surface area (Å²) < 4.78 is 12.0. The largest absolute Gasteiger partial charge is 0.491 e. The number of para-hydroxylation sites is 3. The third kappa shape index (κ3) is 5.60. The molecule has 122 valence electrons. The molecular formula is C18H20BrNO3. The average Bonchev–Trinajstić information content (AvgIpc) is 2.56. The zero-order valence-electron chi connectivity index (χ0n) is 13.0. The van der Waals surface area contributed by atoms with Crippen LogP contribution >= 0.6 is 15.9 Å². The lowest BCUT2D eigenvalue weighted by molar-refractivity contribution is -0.118. The summed E-state index contributed by atoms with van der Waals surface area (Å²) in [4.78, 5) is 12.1. The van der Waals surface area contributed by atoms with Crippen LogP contribution in [0.5, 0.6) is 11.5 Å². The molecule has 0 bridgehead atoms. The Morgan fingerprint density at radius 2 is 1.74 bits per heavy atom. The summed E-state index contributed by atoms with van der Waals surface area (Å²) in [5.74, 6) is 1.08. The van der Waals surface area contributed by atoms with Gasteiger partial charge in [-0.05, 0) is 46.6 Å². The number of halogens is 1. The first-order chi connectivity index (χ1) is 11.2. The van der Waals surface area contributed by atoms with Crippen molar-refractivity contribution in [2.45, 2.75) is 19.8 Å². The van der Waals surface area contributed by atoms with Gasteiger partial charge in [-0.15, -0.1) is 0 Å². The van der Waals surface area contributed by atoms with Gasteiger partial charge in [0.15, 0.2) is 6.61 Å². The molecular weight excluding hydrogens is 358 g/mol.